The third-order valence-corrected chi connectivity index (χ3v) is 8.77. The highest BCUT2D eigenvalue weighted by Crippen LogP contribution is 2.36. The monoisotopic (exact) mass is 825 g/mol. The SMILES string of the molecule is Brc1ccnc2ccccc12.FC(F)c1ccnc2ccccc12.O=C(c1ccccc1)C(F)(F)c1ccnc2ccccc12.O=C(c1ccccc1)C(F)F. The number of pyridine rings is 3. The molecule has 0 atom stereocenters. The summed E-state index contributed by atoms with van der Waals surface area (Å²) in [6, 6.07) is 41.1. The number of benzene rings is 5. The highest BCUT2D eigenvalue weighted by atomic mass is 79.9. The summed E-state index contributed by atoms with van der Waals surface area (Å²) in [5.41, 5.74) is 1.86. The number of Topliss-reactive ketones (excluding diaryl/α,β-unsaturated/α-hetero) is 2. The van der Waals surface area contributed by atoms with Crippen LogP contribution in [0.5, 0.6) is 0 Å². The van der Waals surface area contributed by atoms with E-state index in [-0.39, 0.29) is 27.6 Å². The first-order valence-electron chi connectivity index (χ1n) is 16.8. The molecule has 12 heteroatoms. The summed E-state index contributed by atoms with van der Waals surface area (Å²) in [4.78, 5) is 35.0. The van der Waals surface area contributed by atoms with E-state index in [4.69, 9.17) is 0 Å². The Hall–Kier alpha value is -6.27. The lowest BCUT2D eigenvalue weighted by atomic mass is 9.96. The van der Waals surface area contributed by atoms with Gasteiger partial charge in [-0.1, -0.05) is 131 Å². The summed E-state index contributed by atoms with van der Waals surface area (Å²) in [6.45, 7) is 0. The summed E-state index contributed by atoms with van der Waals surface area (Å²) in [5.74, 6) is -5.92. The minimum Gasteiger partial charge on any atom is -0.288 e. The number of alkyl halides is 6. The molecule has 0 aliphatic heterocycles. The van der Waals surface area contributed by atoms with Gasteiger partial charge in [-0.05, 0) is 36.4 Å². The quantitative estimate of drug-likeness (QED) is 0.123. The van der Waals surface area contributed by atoms with Crippen LogP contribution in [0.3, 0.4) is 0 Å². The van der Waals surface area contributed by atoms with Gasteiger partial charge in [0.05, 0.1) is 16.6 Å². The Balaban J connectivity index is 0.000000149. The molecule has 3 aromatic heterocycles. The number of fused-ring (bicyclic) bond motifs is 3. The van der Waals surface area contributed by atoms with Gasteiger partial charge >= 0.3 is 12.3 Å². The fourth-order valence-electron chi connectivity index (χ4n) is 5.36. The number of carbonyl (C=O) groups excluding carboxylic acids is 2. The van der Waals surface area contributed by atoms with Crippen LogP contribution in [-0.4, -0.2) is 32.9 Å². The Morgan fingerprint density at radius 3 is 1.46 bits per heavy atom. The third kappa shape index (κ3) is 10.3. The van der Waals surface area contributed by atoms with Crippen molar-refractivity contribution in [2.45, 2.75) is 18.8 Å². The van der Waals surface area contributed by atoms with E-state index in [0.717, 1.165) is 15.4 Å². The van der Waals surface area contributed by atoms with Gasteiger partial charge in [-0.15, -0.1) is 0 Å². The largest absolute Gasteiger partial charge is 0.335 e. The van der Waals surface area contributed by atoms with Gasteiger partial charge in [0.1, 0.15) is 0 Å². The molecule has 56 heavy (non-hydrogen) atoms. The molecule has 0 N–H and O–H groups in total. The minimum atomic E-state index is -3.59. The van der Waals surface area contributed by atoms with Crippen LogP contribution < -0.4 is 0 Å². The van der Waals surface area contributed by atoms with E-state index in [2.05, 4.69) is 30.9 Å². The zero-order chi connectivity index (χ0) is 40.1. The van der Waals surface area contributed by atoms with Crippen LogP contribution >= 0.6 is 15.9 Å². The van der Waals surface area contributed by atoms with Crippen molar-refractivity contribution in [3.63, 3.8) is 0 Å². The van der Waals surface area contributed by atoms with Crippen molar-refractivity contribution in [1.29, 1.82) is 0 Å². The maximum absolute atomic E-state index is 14.6. The predicted octanol–water partition coefficient (Wildman–Crippen LogP) is 12.5. The van der Waals surface area contributed by atoms with Gasteiger partial charge in [0.2, 0.25) is 11.6 Å². The minimum absolute atomic E-state index is 0.0107. The van der Waals surface area contributed by atoms with Crippen molar-refractivity contribution in [2.24, 2.45) is 0 Å². The Bertz CT molecular complexity index is 2530. The summed E-state index contributed by atoms with van der Waals surface area (Å²) in [7, 11) is 0. The van der Waals surface area contributed by atoms with E-state index in [1.165, 1.54) is 48.8 Å². The van der Waals surface area contributed by atoms with Crippen LogP contribution in [0.25, 0.3) is 32.7 Å². The maximum Gasteiger partial charge on any atom is 0.335 e. The topological polar surface area (TPSA) is 72.8 Å². The van der Waals surface area contributed by atoms with Gasteiger partial charge < -0.3 is 0 Å². The fourth-order valence-corrected chi connectivity index (χ4v) is 5.81. The molecule has 0 spiro atoms. The second-order valence-corrected chi connectivity index (χ2v) is 12.6. The molecule has 0 amide bonds. The number of carbonyl (C=O) groups is 2. The van der Waals surface area contributed by atoms with Gasteiger partial charge in [0.25, 0.3) is 6.43 Å². The van der Waals surface area contributed by atoms with E-state index < -0.39 is 30.3 Å². The first-order chi connectivity index (χ1) is 27.0. The number of hydrogen-bond acceptors (Lipinski definition) is 5. The average Bonchev–Trinajstić information content (AvgIpc) is 3.24. The number of para-hydroxylation sites is 3. The molecule has 0 aliphatic rings. The molecule has 0 saturated carbocycles. The fraction of sp³-hybridized carbons (Fsp3) is 0.0682. The molecule has 0 fully saturated rings. The molecule has 5 aromatic carbocycles. The Labute approximate surface area is 325 Å². The van der Waals surface area contributed by atoms with Crippen LogP contribution in [0.1, 0.15) is 38.3 Å². The Kier molecular flexibility index (Phi) is 14.1. The van der Waals surface area contributed by atoms with Crippen molar-refractivity contribution in [3.05, 3.63) is 197 Å². The van der Waals surface area contributed by atoms with E-state index in [1.54, 1.807) is 91.1 Å². The molecule has 0 bridgehead atoms. The Morgan fingerprint density at radius 1 is 0.500 bits per heavy atom. The number of aromatic nitrogens is 3. The first-order valence-corrected chi connectivity index (χ1v) is 17.6. The standard InChI is InChI=1S/C17H11F2NO.C10H7F2N.C9H6BrN.C8H6F2O/c18-17(19,16(21)12-6-2-1-3-7-12)14-10-11-20-15-9-5-4-8-13(14)15;11-10(12)8-5-6-13-9-4-2-1-3-7(8)9;10-8-5-6-11-9-4-2-1-3-7(8)9;9-8(10)7(11)6-4-2-1-3-5-6/h1-11H;1-6,10H;1-6H;1-5,8H. The number of nitrogens with zero attached hydrogens (tertiary/aromatic N) is 3. The summed E-state index contributed by atoms with van der Waals surface area (Å²) >= 11 is 3.46. The van der Waals surface area contributed by atoms with E-state index in [0.29, 0.717) is 16.4 Å². The van der Waals surface area contributed by atoms with Crippen molar-refractivity contribution in [2.75, 3.05) is 0 Å². The lowest BCUT2D eigenvalue weighted by Gasteiger charge is -2.17. The predicted molar refractivity (Wildman–Crippen MR) is 209 cm³/mol. The number of ketones is 2. The summed E-state index contributed by atoms with van der Waals surface area (Å²) in [6.07, 6.45) is -0.842. The zero-order valence-electron chi connectivity index (χ0n) is 29.1. The van der Waals surface area contributed by atoms with Crippen molar-refractivity contribution >= 4 is 60.2 Å². The molecular formula is C44H30BrF6N3O2. The second-order valence-electron chi connectivity index (χ2n) is 11.7. The lowest BCUT2D eigenvalue weighted by Crippen LogP contribution is -2.26. The van der Waals surface area contributed by atoms with Crippen LogP contribution in [0.4, 0.5) is 26.3 Å². The van der Waals surface area contributed by atoms with Gasteiger partial charge in [-0.25, -0.2) is 17.6 Å². The Morgan fingerprint density at radius 2 is 0.929 bits per heavy atom. The lowest BCUT2D eigenvalue weighted by molar-refractivity contribution is 0.00834. The van der Waals surface area contributed by atoms with Crippen molar-refractivity contribution < 1.29 is 35.9 Å². The molecule has 0 radical (unpaired) electrons. The van der Waals surface area contributed by atoms with E-state index in [1.807, 2.05) is 30.3 Å². The maximum atomic E-state index is 14.6. The van der Waals surface area contributed by atoms with Crippen LogP contribution in [0.2, 0.25) is 0 Å². The van der Waals surface area contributed by atoms with E-state index >= 15 is 0 Å². The summed E-state index contributed by atoms with van der Waals surface area (Å²) < 4.78 is 78.7. The van der Waals surface area contributed by atoms with Gasteiger partial charge in [0, 0.05) is 61.5 Å². The van der Waals surface area contributed by atoms with Crippen LogP contribution in [0, 0.1) is 0 Å². The summed E-state index contributed by atoms with van der Waals surface area (Å²) in [5, 5.41) is 1.98. The molecular weight excluding hydrogens is 796 g/mol. The van der Waals surface area contributed by atoms with Gasteiger partial charge in [-0.2, -0.15) is 8.78 Å². The molecule has 0 saturated heterocycles. The normalized spacial score (nSPS) is 10.9. The number of hydrogen-bond donors (Lipinski definition) is 0. The number of halogens is 7. The molecule has 5 nitrogen and oxygen atoms in total. The van der Waals surface area contributed by atoms with Gasteiger partial charge in [-0.3, -0.25) is 24.5 Å². The first kappa shape index (κ1) is 40.9. The molecule has 8 aromatic rings. The van der Waals surface area contributed by atoms with E-state index in [9.17, 15) is 35.9 Å². The molecule has 3 heterocycles. The average molecular weight is 827 g/mol. The second kappa shape index (κ2) is 19.4. The zero-order valence-corrected chi connectivity index (χ0v) is 30.7. The highest BCUT2D eigenvalue weighted by Gasteiger charge is 2.42. The van der Waals surface area contributed by atoms with Crippen LogP contribution in [0.15, 0.2) is 175 Å². The molecule has 282 valence electrons. The van der Waals surface area contributed by atoms with Crippen molar-refractivity contribution in [3.8, 4) is 0 Å². The third-order valence-electron chi connectivity index (χ3n) is 8.08. The molecule has 8 rings (SSSR count). The van der Waals surface area contributed by atoms with Crippen molar-refractivity contribution in [1.82, 2.24) is 15.0 Å². The van der Waals surface area contributed by atoms with Gasteiger partial charge in [0.15, 0.2) is 0 Å². The smallest absolute Gasteiger partial charge is 0.288 e. The highest BCUT2D eigenvalue weighted by molar-refractivity contribution is 9.10. The number of rotatable bonds is 6. The van der Waals surface area contributed by atoms with Crippen LogP contribution in [-0.2, 0) is 5.92 Å². The molecule has 0 aliphatic carbocycles. The molecule has 0 unspecified atom stereocenters.